The summed E-state index contributed by atoms with van der Waals surface area (Å²) in [4.78, 5) is 18.0. The van der Waals surface area contributed by atoms with E-state index in [4.69, 9.17) is 4.74 Å². The molecule has 0 aliphatic heterocycles. The molecule has 0 N–H and O–H groups in total. The second-order valence-electron chi connectivity index (χ2n) is 4.74. The number of aromatic nitrogens is 3. The molecule has 7 heteroatoms. The second kappa shape index (κ2) is 6.50. The van der Waals surface area contributed by atoms with Gasteiger partial charge in [0.05, 0.1) is 23.4 Å². The first-order valence-electron chi connectivity index (χ1n) is 6.72. The molecule has 5 nitrogen and oxygen atoms in total. The minimum atomic E-state index is 0.133. The summed E-state index contributed by atoms with van der Waals surface area (Å²) in [6.07, 6.45) is 1.51. The number of ether oxygens (including phenoxy) is 1. The summed E-state index contributed by atoms with van der Waals surface area (Å²) in [5.41, 5.74) is 2.05. The van der Waals surface area contributed by atoms with Gasteiger partial charge in [0.15, 0.2) is 5.78 Å². The average Bonchev–Trinajstić information content (AvgIpc) is 3.11. The van der Waals surface area contributed by atoms with E-state index in [2.05, 4.69) is 10.1 Å². The third-order valence-electron chi connectivity index (χ3n) is 3.27. The highest BCUT2D eigenvalue weighted by Crippen LogP contribution is 2.23. The highest BCUT2D eigenvalue weighted by molar-refractivity contribution is 7.99. The predicted molar refractivity (Wildman–Crippen MR) is 89.1 cm³/mol. The van der Waals surface area contributed by atoms with Crippen molar-refractivity contribution >= 4 is 33.8 Å². The van der Waals surface area contributed by atoms with E-state index in [0.717, 1.165) is 27.0 Å². The summed E-state index contributed by atoms with van der Waals surface area (Å²) >= 11 is 3.01. The van der Waals surface area contributed by atoms with Gasteiger partial charge in [-0.15, -0.1) is 11.8 Å². The third-order valence-corrected chi connectivity index (χ3v) is 5.46. The Morgan fingerprint density at radius 3 is 2.82 bits per heavy atom. The van der Waals surface area contributed by atoms with Crippen LogP contribution in [0.15, 0.2) is 30.6 Å². The lowest BCUT2D eigenvalue weighted by molar-refractivity contribution is 0.102. The van der Waals surface area contributed by atoms with Crippen LogP contribution in [0.2, 0.25) is 0 Å². The van der Waals surface area contributed by atoms with E-state index < -0.39 is 0 Å². The maximum absolute atomic E-state index is 12.3. The van der Waals surface area contributed by atoms with Gasteiger partial charge < -0.3 is 4.74 Å². The van der Waals surface area contributed by atoms with E-state index in [1.807, 2.05) is 31.2 Å². The fraction of sp³-hybridized carbons (Fsp3) is 0.267. The molecule has 3 aromatic rings. The Morgan fingerprint density at radius 2 is 2.14 bits per heavy atom. The Kier molecular flexibility index (Phi) is 4.44. The Balaban J connectivity index is 1.59. The lowest BCUT2D eigenvalue weighted by atomic mass is 10.2. The number of thiazole rings is 1. The molecular formula is C15H15N3O2S2. The number of methoxy groups -OCH3 is 1. The zero-order chi connectivity index (χ0) is 15.5. The van der Waals surface area contributed by atoms with Crippen molar-refractivity contribution in [1.29, 1.82) is 0 Å². The first kappa shape index (κ1) is 15.1. The zero-order valence-electron chi connectivity index (χ0n) is 12.3. The van der Waals surface area contributed by atoms with Crippen LogP contribution in [0.4, 0.5) is 0 Å². The Morgan fingerprint density at radius 1 is 1.36 bits per heavy atom. The summed E-state index contributed by atoms with van der Waals surface area (Å²) in [5, 5.41) is 4.11. The van der Waals surface area contributed by atoms with E-state index in [-0.39, 0.29) is 5.78 Å². The summed E-state index contributed by atoms with van der Waals surface area (Å²) in [6.45, 7) is 1.90. The standard InChI is InChI=1S/C15H15N3O2S2/c1-10-14(22-15-16-9-17-18(10)15)13(19)8-21-7-11-3-5-12(20-2)6-4-11/h3-6,9H,7-8H2,1-2H3. The first-order chi connectivity index (χ1) is 10.7. The molecule has 0 unspecified atom stereocenters. The first-order valence-corrected chi connectivity index (χ1v) is 8.69. The van der Waals surface area contributed by atoms with Crippen LogP contribution in [-0.2, 0) is 5.75 Å². The fourth-order valence-corrected chi connectivity index (χ4v) is 4.02. The number of benzene rings is 1. The van der Waals surface area contributed by atoms with Crippen LogP contribution in [0.3, 0.4) is 0 Å². The number of thioether (sulfide) groups is 1. The largest absolute Gasteiger partial charge is 0.497 e. The summed E-state index contributed by atoms with van der Waals surface area (Å²) < 4.78 is 6.84. The molecule has 0 bridgehead atoms. The molecule has 0 aliphatic carbocycles. The highest BCUT2D eigenvalue weighted by Gasteiger charge is 2.16. The molecule has 2 aromatic heterocycles. The van der Waals surface area contributed by atoms with Crippen molar-refractivity contribution in [2.24, 2.45) is 0 Å². The molecule has 0 saturated carbocycles. The van der Waals surface area contributed by atoms with Crippen LogP contribution in [0, 0.1) is 6.92 Å². The number of ketones is 1. The Bertz CT molecular complexity index is 793. The maximum Gasteiger partial charge on any atom is 0.212 e. The number of fused-ring (bicyclic) bond motifs is 1. The number of carbonyl (C=O) groups is 1. The minimum absolute atomic E-state index is 0.133. The van der Waals surface area contributed by atoms with Crippen molar-refractivity contribution < 1.29 is 9.53 Å². The topological polar surface area (TPSA) is 56.5 Å². The predicted octanol–water partition coefficient (Wildman–Crippen LogP) is 3.22. The number of carbonyl (C=O) groups excluding carboxylic acids is 1. The number of aryl methyl sites for hydroxylation is 1. The van der Waals surface area contributed by atoms with E-state index in [1.54, 1.807) is 23.4 Å². The van der Waals surface area contributed by atoms with Crippen molar-refractivity contribution in [2.75, 3.05) is 12.9 Å². The summed E-state index contributed by atoms with van der Waals surface area (Å²) in [7, 11) is 1.65. The number of rotatable bonds is 6. The average molecular weight is 333 g/mol. The van der Waals surface area contributed by atoms with Crippen LogP contribution in [0.25, 0.3) is 4.96 Å². The molecule has 0 fully saturated rings. The number of Topliss-reactive ketones (excluding diaryl/α,β-unsaturated/α-hetero) is 1. The van der Waals surface area contributed by atoms with Crippen LogP contribution in [-0.4, -0.2) is 33.2 Å². The summed E-state index contributed by atoms with van der Waals surface area (Å²) in [5.74, 6) is 2.23. The highest BCUT2D eigenvalue weighted by atomic mass is 32.2. The smallest absolute Gasteiger partial charge is 0.212 e. The van der Waals surface area contributed by atoms with Gasteiger partial charge in [-0.2, -0.15) is 5.10 Å². The van der Waals surface area contributed by atoms with E-state index in [1.165, 1.54) is 23.2 Å². The number of hydrogen-bond donors (Lipinski definition) is 0. The maximum atomic E-state index is 12.3. The SMILES string of the molecule is COc1ccc(CSCC(=O)c2sc3ncnn3c2C)cc1. The molecule has 22 heavy (non-hydrogen) atoms. The van der Waals surface area contributed by atoms with Crippen molar-refractivity contribution in [2.45, 2.75) is 12.7 Å². The zero-order valence-corrected chi connectivity index (χ0v) is 13.9. The van der Waals surface area contributed by atoms with Gasteiger partial charge in [0.2, 0.25) is 4.96 Å². The second-order valence-corrected chi connectivity index (χ2v) is 6.70. The summed E-state index contributed by atoms with van der Waals surface area (Å²) in [6, 6.07) is 7.90. The van der Waals surface area contributed by atoms with Gasteiger partial charge in [0.1, 0.15) is 12.1 Å². The molecule has 1 aromatic carbocycles. The molecule has 0 spiro atoms. The van der Waals surface area contributed by atoms with Crippen LogP contribution < -0.4 is 4.74 Å². The molecule has 0 atom stereocenters. The Labute approximate surface area is 136 Å². The lowest BCUT2D eigenvalue weighted by Crippen LogP contribution is -2.03. The van der Waals surface area contributed by atoms with Crippen LogP contribution >= 0.6 is 23.1 Å². The molecule has 0 radical (unpaired) electrons. The van der Waals surface area contributed by atoms with Gasteiger partial charge in [-0.3, -0.25) is 4.79 Å². The minimum Gasteiger partial charge on any atom is -0.497 e. The van der Waals surface area contributed by atoms with Crippen molar-refractivity contribution in [3.05, 3.63) is 46.7 Å². The van der Waals surface area contributed by atoms with E-state index in [0.29, 0.717) is 5.75 Å². The molecule has 2 heterocycles. The normalized spacial score (nSPS) is 11.0. The van der Waals surface area contributed by atoms with Gasteiger partial charge >= 0.3 is 0 Å². The van der Waals surface area contributed by atoms with Crippen molar-refractivity contribution in [3.63, 3.8) is 0 Å². The van der Waals surface area contributed by atoms with Crippen LogP contribution in [0.5, 0.6) is 5.75 Å². The third kappa shape index (κ3) is 3.00. The Hall–Kier alpha value is -1.86. The molecule has 0 amide bonds. The quantitative estimate of drug-likeness (QED) is 0.648. The monoisotopic (exact) mass is 333 g/mol. The van der Waals surface area contributed by atoms with Crippen LogP contribution in [0.1, 0.15) is 20.9 Å². The van der Waals surface area contributed by atoms with Gasteiger partial charge in [0, 0.05) is 5.75 Å². The number of nitrogens with zero attached hydrogens (tertiary/aromatic N) is 3. The van der Waals surface area contributed by atoms with Gasteiger partial charge in [0.25, 0.3) is 0 Å². The molecule has 0 saturated heterocycles. The molecule has 3 rings (SSSR count). The molecule has 0 aliphatic rings. The van der Waals surface area contributed by atoms with Gasteiger partial charge in [-0.25, -0.2) is 9.50 Å². The van der Waals surface area contributed by atoms with E-state index in [9.17, 15) is 4.79 Å². The molecular weight excluding hydrogens is 318 g/mol. The molecule has 114 valence electrons. The van der Waals surface area contributed by atoms with Crippen molar-refractivity contribution in [3.8, 4) is 5.75 Å². The van der Waals surface area contributed by atoms with E-state index >= 15 is 0 Å². The van der Waals surface area contributed by atoms with Gasteiger partial charge in [-0.05, 0) is 24.6 Å². The van der Waals surface area contributed by atoms with Gasteiger partial charge in [-0.1, -0.05) is 23.5 Å². The lowest BCUT2D eigenvalue weighted by Gasteiger charge is -2.03. The number of hydrogen-bond acceptors (Lipinski definition) is 6. The van der Waals surface area contributed by atoms with Crippen molar-refractivity contribution in [1.82, 2.24) is 14.6 Å². The fourth-order valence-electron chi connectivity index (χ4n) is 2.10.